The second-order valence-corrected chi connectivity index (χ2v) is 7.69. The molecular weight excluding hydrogens is 433 g/mol. The molecule has 0 bridgehead atoms. The molecule has 1 heterocycles. The number of amides is 2. The average Bonchev–Trinajstić information content (AvgIpc) is 2.95. The van der Waals surface area contributed by atoms with Gasteiger partial charge >= 0.3 is 0 Å². The zero-order valence-electron chi connectivity index (χ0n) is 15.3. The Morgan fingerprint density at radius 3 is 2.66 bits per heavy atom. The van der Waals surface area contributed by atoms with Crippen molar-refractivity contribution in [3.05, 3.63) is 62.5 Å². The van der Waals surface area contributed by atoms with Crippen LogP contribution in [0.25, 0.3) is 6.08 Å². The molecule has 0 unspecified atom stereocenters. The fraction of sp³-hybridized carbons (Fsp3) is 0.143. The van der Waals surface area contributed by atoms with E-state index in [0.29, 0.717) is 27.1 Å². The summed E-state index contributed by atoms with van der Waals surface area (Å²) < 4.78 is 11.2. The molecule has 5 nitrogen and oxygen atoms in total. The summed E-state index contributed by atoms with van der Waals surface area (Å²) in [5.41, 5.74) is 1.39. The van der Waals surface area contributed by atoms with E-state index in [1.165, 1.54) is 7.11 Å². The first kappa shape index (κ1) is 21.1. The first-order valence-corrected chi connectivity index (χ1v) is 9.94. The number of methoxy groups -OCH3 is 1. The van der Waals surface area contributed by atoms with E-state index in [1.54, 1.807) is 24.3 Å². The number of benzene rings is 2. The number of ether oxygens (including phenoxy) is 2. The zero-order valence-corrected chi connectivity index (χ0v) is 17.6. The molecule has 29 heavy (non-hydrogen) atoms. The maximum atomic E-state index is 12.3. The van der Waals surface area contributed by atoms with Gasteiger partial charge in [-0.3, -0.25) is 14.5 Å². The summed E-state index contributed by atoms with van der Waals surface area (Å²) in [6, 6.07) is 10.6. The van der Waals surface area contributed by atoms with Gasteiger partial charge in [0.1, 0.15) is 6.61 Å². The molecule has 0 aromatic heterocycles. The summed E-state index contributed by atoms with van der Waals surface area (Å²) in [6.45, 7) is 0.140. The molecule has 148 valence electrons. The number of carbonyl (C=O) groups excluding carboxylic acids is 2. The van der Waals surface area contributed by atoms with Crippen LogP contribution in [0.1, 0.15) is 11.1 Å². The molecular formula is C21H15Cl2NO4S. The number of hydrogen-bond acceptors (Lipinski definition) is 5. The van der Waals surface area contributed by atoms with Gasteiger partial charge in [0.25, 0.3) is 11.1 Å². The van der Waals surface area contributed by atoms with Crippen molar-refractivity contribution in [2.45, 2.75) is 6.61 Å². The van der Waals surface area contributed by atoms with Crippen LogP contribution in [0.4, 0.5) is 4.79 Å². The van der Waals surface area contributed by atoms with Gasteiger partial charge in [0.05, 0.1) is 23.6 Å². The summed E-state index contributed by atoms with van der Waals surface area (Å²) in [4.78, 5) is 25.5. The van der Waals surface area contributed by atoms with E-state index in [0.717, 1.165) is 22.2 Å². The summed E-state index contributed by atoms with van der Waals surface area (Å²) in [5.74, 6) is 2.60. The van der Waals surface area contributed by atoms with E-state index >= 15 is 0 Å². The van der Waals surface area contributed by atoms with Crippen LogP contribution >= 0.6 is 35.0 Å². The number of carbonyl (C=O) groups is 2. The smallest absolute Gasteiger partial charge is 0.294 e. The van der Waals surface area contributed by atoms with Gasteiger partial charge < -0.3 is 9.47 Å². The van der Waals surface area contributed by atoms with Gasteiger partial charge in [0, 0.05) is 10.6 Å². The van der Waals surface area contributed by atoms with E-state index in [-0.39, 0.29) is 18.1 Å². The van der Waals surface area contributed by atoms with E-state index in [9.17, 15) is 9.59 Å². The summed E-state index contributed by atoms with van der Waals surface area (Å²) >= 11 is 13.4. The molecule has 2 aromatic rings. The number of rotatable bonds is 6. The third-order valence-electron chi connectivity index (χ3n) is 4.00. The monoisotopic (exact) mass is 447 g/mol. The van der Waals surface area contributed by atoms with Crippen molar-refractivity contribution in [2.24, 2.45) is 0 Å². The van der Waals surface area contributed by atoms with Gasteiger partial charge in [-0.25, -0.2) is 0 Å². The number of hydrogen-bond donors (Lipinski definition) is 0. The van der Waals surface area contributed by atoms with Crippen molar-refractivity contribution < 1.29 is 19.1 Å². The van der Waals surface area contributed by atoms with Crippen LogP contribution in [-0.2, 0) is 11.4 Å². The van der Waals surface area contributed by atoms with E-state index in [1.807, 2.05) is 18.2 Å². The quantitative estimate of drug-likeness (QED) is 0.446. The predicted octanol–water partition coefficient (Wildman–Crippen LogP) is 5.25. The van der Waals surface area contributed by atoms with Crippen molar-refractivity contribution in [1.82, 2.24) is 4.90 Å². The standard InChI is InChI=1S/C21H15Cl2NO4S/c1-3-8-24-20(25)18(29-21(24)26)11-13-9-16(23)19(17(10-13)27-2)28-12-14-6-4-5-7-15(14)22/h1,4-7,9-11H,8,12H2,2H3. The molecule has 2 aromatic carbocycles. The predicted molar refractivity (Wildman–Crippen MR) is 115 cm³/mol. The van der Waals surface area contributed by atoms with Gasteiger partial charge in [-0.1, -0.05) is 47.3 Å². The Kier molecular flexibility index (Phi) is 6.75. The molecule has 1 saturated heterocycles. The third-order valence-corrected chi connectivity index (χ3v) is 5.56. The van der Waals surface area contributed by atoms with Crippen molar-refractivity contribution >= 4 is 52.2 Å². The lowest BCUT2D eigenvalue weighted by Gasteiger charge is -2.14. The average molecular weight is 448 g/mol. The normalized spacial score (nSPS) is 15.0. The summed E-state index contributed by atoms with van der Waals surface area (Å²) in [5, 5.41) is 0.476. The molecule has 8 heteroatoms. The van der Waals surface area contributed by atoms with Crippen molar-refractivity contribution in [3.63, 3.8) is 0 Å². The van der Waals surface area contributed by atoms with Gasteiger partial charge in [-0.05, 0) is 41.6 Å². The van der Waals surface area contributed by atoms with Crippen molar-refractivity contribution in [3.8, 4) is 23.8 Å². The minimum absolute atomic E-state index is 0.0685. The van der Waals surface area contributed by atoms with Gasteiger partial charge in [0.15, 0.2) is 11.5 Å². The molecule has 1 fully saturated rings. The first-order valence-electron chi connectivity index (χ1n) is 8.37. The van der Waals surface area contributed by atoms with Crippen LogP contribution in [0, 0.1) is 12.3 Å². The van der Waals surface area contributed by atoms with Crippen LogP contribution in [-0.4, -0.2) is 29.7 Å². The van der Waals surface area contributed by atoms with Gasteiger partial charge in [-0.2, -0.15) is 0 Å². The van der Waals surface area contributed by atoms with Gasteiger partial charge in [-0.15, -0.1) is 6.42 Å². The second-order valence-electron chi connectivity index (χ2n) is 5.89. The minimum atomic E-state index is -0.438. The number of thioether (sulfide) groups is 1. The Hall–Kier alpha value is -2.59. The first-order chi connectivity index (χ1) is 13.9. The van der Waals surface area contributed by atoms with Crippen LogP contribution in [0.2, 0.25) is 10.0 Å². The van der Waals surface area contributed by atoms with Gasteiger partial charge in [0.2, 0.25) is 0 Å². The Balaban J connectivity index is 1.85. The van der Waals surface area contributed by atoms with Crippen LogP contribution in [0.3, 0.4) is 0 Å². The molecule has 0 atom stereocenters. The molecule has 0 aliphatic carbocycles. The number of imide groups is 1. The highest BCUT2D eigenvalue weighted by Crippen LogP contribution is 2.39. The minimum Gasteiger partial charge on any atom is -0.493 e. The lowest BCUT2D eigenvalue weighted by Crippen LogP contribution is -2.28. The molecule has 0 spiro atoms. The lowest BCUT2D eigenvalue weighted by atomic mass is 10.1. The summed E-state index contributed by atoms with van der Waals surface area (Å²) in [7, 11) is 1.48. The van der Waals surface area contributed by atoms with E-state index < -0.39 is 11.1 Å². The fourth-order valence-electron chi connectivity index (χ4n) is 2.61. The van der Waals surface area contributed by atoms with Crippen molar-refractivity contribution in [2.75, 3.05) is 13.7 Å². The second kappa shape index (κ2) is 9.27. The Labute approximate surface area is 182 Å². The molecule has 0 radical (unpaired) electrons. The van der Waals surface area contributed by atoms with E-state index in [4.69, 9.17) is 39.1 Å². The van der Waals surface area contributed by atoms with Crippen molar-refractivity contribution in [1.29, 1.82) is 0 Å². The third kappa shape index (κ3) is 4.70. The number of nitrogens with zero attached hydrogens (tertiary/aromatic N) is 1. The number of halogens is 2. The highest BCUT2D eigenvalue weighted by atomic mass is 35.5. The lowest BCUT2D eigenvalue weighted by molar-refractivity contribution is -0.122. The van der Waals surface area contributed by atoms with E-state index in [2.05, 4.69) is 5.92 Å². The van der Waals surface area contributed by atoms with Crippen LogP contribution in [0.5, 0.6) is 11.5 Å². The maximum absolute atomic E-state index is 12.3. The molecule has 3 rings (SSSR count). The fourth-order valence-corrected chi connectivity index (χ4v) is 3.91. The Bertz CT molecular complexity index is 1050. The molecule has 1 aliphatic heterocycles. The zero-order chi connectivity index (χ0) is 21.0. The maximum Gasteiger partial charge on any atom is 0.294 e. The largest absolute Gasteiger partial charge is 0.493 e. The molecule has 0 N–H and O–H groups in total. The highest BCUT2D eigenvalue weighted by Gasteiger charge is 2.34. The Morgan fingerprint density at radius 2 is 1.97 bits per heavy atom. The Morgan fingerprint density at radius 1 is 1.21 bits per heavy atom. The van der Waals surface area contributed by atoms with Crippen LogP contribution < -0.4 is 9.47 Å². The molecule has 0 saturated carbocycles. The molecule has 1 aliphatic rings. The number of terminal acetylenes is 1. The molecule has 2 amide bonds. The van der Waals surface area contributed by atoms with Crippen LogP contribution in [0.15, 0.2) is 41.3 Å². The SMILES string of the molecule is C#CCN1C(=O)SC(=Cc2cc(Cl)c(OCc3ccccc3Cl)c(OC)c2)C1=O. The summed E-state index contributed by atoms with van der Waals surface area (Å²) in [6.07, 6.45) is 6.77. The highest BCUT2D eigenvalue weighted by molar-refractivity contribution is 8.18. The topological polar surface area (TPSA) is 55.8 Å².